The molecule has 0 spiro atoms. The molecule has 2 aromatic rings. The van der Waals surface area contributed by atoms with E-state index in [9.17, 15) is 0 Å². The lowest BCUT2D eigenvalue weighted by atomic mass is 10.2. The van der Waals surface area contributed by atoms with E-state index < -0.39 is 0 Å². The highest BCUT2D eigenvalue weighted by molar-refractivity contribution is 9.11. The van der Waals surface area contributed by atoms with Crippen LogP contribution in [0, 0.1) is 0 Å². The Morgan fingerprint density at radius 3 is 2.50 bits per heavy atom. The molecular weight excluding hydrogens is 384 g/mol. The number of anilines is 3. The molecule has 0 amide bonds. The van der Waals surface area contributed by atoms with Crippen molar-refractivity contribution in [3.05, 3.63) is 45.3 Å². The van der Waals surface area contributed by atoms with Crippen LogP contribution in [0.3, 0.4) is 0 Å². The number of nitrogens with two attached hydrogens (primary N) is 1. The molecule has 0 radical (unpaired) electrons. The lowest BCUT2D eigenvalue weighted by Gasteiger charge is -2.15. The molecule has 0 aliphatic heterocycles. The summed E-state index contributed by atoms with van der Waals surface area (Å²) in [6.45, 7) is 3.95. The van der Waals surface area contributed by atoms with Crippen LogP contribution in [-0.4, -0.2) is 6.10 Å². The minimum Gasteiger partial charge on any atom is -0.489 e. The monoisotopic (exact) mass is 398 g/mol. The third kappa shape index (κ3) is 3.90. The van der Waals surface area contributed by atoms with Gasteiger partial charge in [0.05, 0.1) is 17.5 Å². The molecule has 3 nitrogen and oxygen atoms in total. The van der Waals surface area contributed by atoms with E-state index in [1.165, 1.54) is 0 Å². The van der Waals surface area contributed by atoms with Gasteiger partial charge in [-0.15, -0.1) is 0 Å². The lowest BCUT2D eigenvalue weighted by molar-refractivity contribution is 0.244. The van der Waals surface area contributed by atoms with Crippen LogP contribution in [-0.2, 0) is 0 Å². The number of hydrogen-bond acceptors (Lipinski definition) is 3. The van der Waals surface area contributed by atoms with Gasteiger partial charge >= 0.3 is 0 Å². The van der Waals surface area contributed by atoms with Crippen LogP contribution in [0.2, 0.25) is 0 Å². The van der Waals surface area contributed by atoms with Crippen molar-refractivity contribution in [2.75, 3.05) is 11.1 Å². The molecule has 0 aromatic heterocycles. The summed E-state index contributed by atoms with van der Waals surface area (Å²) in [5.41, 5.74) is 8.46. The fourth-order valence-electron chi connectivity index (χ4n) is 1.71. The highest BCUT2D eigenvalue weighted by Crippen LogP contribution is 2.32. The lowest BCUT2D eigenvalue weighted by Crippen LogP contribution is -2.07. The Kier molecular flexibility index (Phi) is 4.94. The maximum absolute atomic E-state index is 5.91. The van der Waals surface area contributed by atoms with Gasteiger partial charge in [-0.05, 0) is 60.1 Å². The van der Waals surface area contributed by atoms with Crippen LogP contribution in [0.5, 0.6) is 5.75 Å². The summed E-state index contributed by atoms with van der Waals surface area (Å²) in [7, 11) is 0. The number of rotatable bonds is 4. The number of ether oxygens (including phenoxy) is 1. The summed E-state index contributed by atoms with van der Waals surface area (Å²) in [4.78, 5) is 0. The molecule has 0 heterocycles. The molecular formula is C15H16Br2N2O. The van der Waals surface area contributed by atoms with E-state index in [0.29, 0.717) is 11.4 Å². The van der Waals surface area contributed by atoms with E-state index in [4.69, 9.17) is 10.5 Å². The van der Waals surface area contributed by atoms with E-state index in [1.54, 1.807) is 0 Å². The van der Waals surface area contributed by atoms with Crippen molar-refractivity contribution in [2.45, 2.75) is 20.0 Å². The summed E-state index contributed by atoms with van der Waals surface area (Å²) < 4.78 is 7.69. The minimum atomic E-state index is 0.0898. The number of halogens is 2. The van der Waals surface area contributed by atoms with Crippen LogP contribution in [0.1, 0.15) is 13.8 Å². The van der Waals surface area contributed by atoms with Gasteiger partial charge in [-0.1, -0.05) is 15.9 Å². The third-order valence-corrected chi connectivity index (χ3v) is 3.74. The zero-order valence-corrected chi connectivity index (χ0v) is 14.5. The summed E-state index contributed by atoms with van der Waals surface area (Å²) in [6, 6.07) is 11.6. The van der Waals surface area contributed by atoms with E-state index in [-0.39, 0.29) is 6.10 Å². The van der Waals surface area contributed by atoms with Crippen molar-refractivity contribution in [1.82, 2.24) is 0 Å². The van der Waals surface area contributed by atoms with Gasteiger partial charge < -0.3 is 15.8 Å². The maximum Gasteiger partial charge on any atom is 0.144 e. The van der Waals surface area contributed by atoms with Crippen LogP contribution < -0.4 is 15.8 Å². The molecule has 0 aliphatic carbocycles. The molecule has 0 saturated carbocycles. The van der Waals surface area contributed by atoms with Crippen molar-refractivity contribution in [2.24, 2.45) is 0 Å². The average Bonchev–Trinajstić information content (AvgIpc) is 2.36. The zero-order chi connectivity index (χ0) is 14.7. The van der Waals surface area contributed by atoms with Gasteiger partial charge in [-0.25, -0.2) is 0 Å². The third-order valence-electron chi connectivity index (χ3n) is 2.59. The Bertz CT molecular complexity index is 615. The fraction of sp³-hybridized carbons (Fsp3) is 0.200. The molecule has 2 aromatic carbocycles. The molecule has 5 heteroatoms. The van der Waals surface area contributed by atoms with Crippen LogP contribution in [0.25, 0.3) is 0 Å². The van der Waals surface area contributed by atoms with Crippen LogP contribution in [0.15, 0.2) is 45.3 Å². The first kappa shape index (κ1) is 15.2. The molecule has 3 N–H and O–H groups in total. The number of hydrogen-bond donors (Lipinski definition) is 2. The first-order valence-corrected chi connectivity index (χ1v) is 7.82. The Morgan fingerprint density at radius 1 is 1.10 bits per heavy atom. The van der Waals surface area contributed by atoms with Gasteiger partial charge in [-0.3, -0.25) is 0 Å². The number of benzene rings is 2. The molecule has 0 aliphatic rings. The van der Waals surface area contributed by atoms with Crippen LogP contribution in [0.4, 0.5) is 17.1 Å². The van der Waals surface area contributed by atoms with Crippen LogP contribution >= 0.6 is 31.9 Å². The first-order valence-electron chi connectivity index (χ1n) is 6.24. The summed E-state index contributed by atoms with van der Waals surface area (Å²) in [6.07, 6.45) is 0.0898. The Labute approximate surface area is 135 Å². The molecule has 2 rings (SSSR count). The molecule has 0 unspecified atom stereocenters. The second kappa shape index (κ2) is 6.50. The molecule has 20 heavy (non-hydrogen) atoms. The maximum atomic E-state index is 5.91. The normalized spacial score (nSPS) is 10.7. The Balaban J connectivity index is 2.25. The predicted octanol–water partition coefficient (Wildman–Crippen LogP) is 5.32. The zero-order valence-electron chi connectivity index (χ0n) is 11.3. The Morgan fingerprint density at radius 2 is 1.85 bits per heavy atom. The highest BCUT2D eigenvalue weighted by atomic mass is 79.9. The van der Waals surface area contributed by atoms with E-state index >= 15 is 0 Å². The second-order valence-electron chi connectivity index (χ2n) is 4.67. The first-order chi connectivity index (χ1) is 9.45. The van der Waals surface area contributed by atoms with Crippen molar-refractivity contribution in [3.8, 4) is 5.75 Å². The van der Waals surface area contributed by atoms with E-state index in [0.717, 1.165) is 20.3 Å². The van der Waals surface area contributed by atoms with Crippen molar-refractivity contribution in [1.29, 1.82) is 0 Å². The van der Waals surface area contributed by atoms with Crippen molar-refractivity contribution >= 4 is 48.9 Å². The van der Waals surface area contributed by atoms with Gasteiger partial charge in [0.2, 0.25) is 0 Å². The molecule has 106 valence electrons. The summed E-state index contributed by atoms with van der Waals surface area (Å²) in [5.74, 6) is 0.693. The largest absolute Gasteiger partial charge is 0.489 e. The van der Waals surface area contributed by atoms with Gasteiger partial charge in [0.25, 0.3) is 0 Å². The van der Waals surface area contributed by atoms with E-state index in [2.05, 4.69) is 37.2 Å². The topological polar surface area (TPSA) is 47.3 Å². The Hall–Kier alpha value is -1.20. The van der Waals surface area contributed by atoms with Crippen molar-refractivity contribution in [3.63, 3.8) is 0 Å². The SMILES string of the molecule is CC(C)Oc1cc(Nc2ccc(Br)cc2Br)ccc1N. The number of nitrogen functional groups attached to an aromatic ring is 1. The van der Waals surface area contributed by atoms with E-state index in [1.807, 2.05) is 50.2 Å². The highest BCUT2D eigenvalue weighted by Gasteiger charge is 2.06. The van der Waals surface area contributed by atoms with Gasteiger partial charge in [0.15, 0.2) is 0 Å². The fourth-order valence-corrected chi connectivity index (χ4v) is 2.86. The summed E-state index contributed by atoms with van der Waals surface area (Å²) in [5, 5.41) is 3.34. The standard InChI is InChI=1S/C15H16Br2N2O/c1-9(2)20-15-8-11(4-5-13(15)18)19-14-6-3-10(16)7-12(14)17/h3-9,19H,18H2,1-2H3. The molecule has 0 bridgehead atoms. The molecule has 0 fully saturated rings. The average molecular weight is 400 g/mol. The summed E-state index contributed by atoms with van der Waals surface area (Å²) >= 11 is 6.97. The quantitative estimate of drug-likeness (QED) is 0.683. The van der Waals surface area contributed by atoms with Gasteiger partial charge in [0.1, 0.15) is 5.75 Å². The minimum absolute atomic E-state index is 0.0898. The predicted molar refractivity (Wildman–Crippen MR) is 91.7 cm³/mol. The number of nitrogens with one attached hydrogen (secondary N) is 1. The second-order valence-corrected chi connectivity index (χ2v) is 6.44. The smallest absolute Gasteiger partial charge is 0.144 e. The molecule has 0 saturated heterocycles. The van der Waals surface area contributed by atoms with Gasteiger partial charge in [0, 0.05) is 20.7 Å². The van der Waals surface area contributed by atoms with Crippen molar-refractivity contribution < 1.29 is 4.74 Å². The van der Waals surface area contributed by atoms with Gasteiger partial charge in [-0.2, -0.15) is 0 Å². The molecule has 0 atom stereocenters.